The molecule has 76 valence electrons. The zero-order valence-electron chi connectivity index (χ0n) is 7.79. The Labute approximate surface area is 91.7 Å². The Morgan fingerprint density at radius 2 is 1.93 bits per heavy atom. The monoisotopic (exact) mass is 221 g/mol. The SMILES string of the molecule is O=C1NC(=O)c2cc(C=CCCl)ccc21. The minimum Gasteiger partial charge on any atom is -0.288 e. The fraction of sp³-hybridized carbons (Fsp3) is 0.0909. The van der Waals surface area contributed by atoms with Gasteiger partial charge in [0, 0.05) is 5.88 Å². The first-order chi connectivity index (χ1) is 7.22. The van der Waals surface area contributed by atoms with Crippen molar-refractivity contribution in [3.8, 4) is 0 Å². The molecule has 2 rings (SSSR count). The highest BCUT2D eigenvalue weighted by Gasteiger charge is 2.26. The fourth-order valence-electron chi connectivity index (χ4n) is 1.47. The summed E-state index contributed by atoms with van der Waals surface area (Å²) >= 11 is 5.50. The molecule has 0 bridgehead atoms. The number of amides is 2. The minimum atomic E-state index is -0.337. The van der Waals surface area contributed by atoms with Crippen molar-refractivity contribution in [2.24, 2.45) is 0 Å². The summed E-state index contributed by atoms with van der Waals surface area (Å²) in [6.07, 6.45) is 3.58. The number of benzene rings is 1. The molecule has 2 amide bonds. The first-order valence-electron chi connectivity index (χ1n) is 4.44. The predicted octanol–water partition coefficient (Wildman–Crippen LogP) is 1.82. The van der Waals surface area contributed by atoms with Crippen molar-refractivity contribution in [1.29, 1.82) is 0 Å². The Kier molecular flexibility index (Phi) is 2.56. The third-order valence-electron chi connectivity index (χ3n) is 2.16. The number of nitrogens with one attached hydrogen (secondary N) is 1. The second-order valence-electron chi connectivity index (χ2n) is 3.14. The van der Waals surface area contributed by atoms with Crippen LogP contribution in [0.15, 0.2) is 24.3 Å². The van der Waals surface area contributed by atoms with Crippen LogP contribution in [0.2, 0.25) is 0 Å². The van der Waals surface area contributed by atoms with E-state index in [0.29, 0.717) is 17.0 Å². The van der Waals surface area contributed by atoms with E-state index in [-0.39, 0.29) is 11.8 Å². The van der Waals surface area contributed by atoms with Crippen LogP contribution >= 0.6 is 11.6 Å². The van der Waals surface area contributed by atoms with E-state index in [1.54, 1.807) is 24.3 Å². The highest BCUT2D eigenvalue weighted by Crippen LogP contribution is 2.18. The van der Waals surface area contributed by atoms with E-state index < -0.39 is 0 Å². The summed E-state index contributed by atoms with van der Waals surface area (Å²) in [5.41, 5.74) is 1.72. The largest absolute Gasteiger partial charge is 0.288 e. The van der Waals surface area contributed by atoms with Crippen LogP contribution in [-0.4, -0.2) is 17.7 Å². The van der Waals surface area contributed by atoms with Gasteiger partial charge in [0.15, 0.2) is 0 Å². The molecule has 0 saturated heterocycles. The topological polar surface area (TPSA) is 46.2 Å². The van der Waals surface area contributed by atoms with E-state index in [4.69, 9.17) is 11.6 Å². The minimum absolute atomic E-state index is 0.331. The summed E-state index contributed by atoms with van der Waals surface area (Å²) in [6.45, 7) is 0. The van der Waals surface area contributed by atoms with Crippen LogP contribution < -0.4 is 5.32 Å². The van der Waals surface area contributed by atoms with Gasteiger partial charge in [-0.1, -0.05) is 18.2 Å². The maximum atomic E-state index is 11.3. The first kappa shape index (κ1) is 9.93. The van der Waals surface area contributed by atoms with Crippen molar-refractivity contribution in [2.75, 3.05) is 5.88 Å². The van der Waals surface area contributed by atoms with E-state index in [9.17, 15) is 9.59 Å². The molecule has 3 nitrogen and oxygen atoms in total. The molecule has 0 aromatic heterocycles. The van der Waals surface area contributed by atoms with Gasteiger partial charge < -0.3 is 0 Å². The second kappa shape index (κ2) is 3.87. The second-order valence-corrected chi connectivity index (χ2v) is 3.45. The number of hydrogen-bond acceptors (Lipinski definition) is 2. The van der Waals surface area contributed by atoms with Crippen LogP contribution in [0, 0.1) is 0 Å². The van der Waals surface area contributed by atoms with Gasteiger partial charge in [0.05, 0.1) is 11.1 Å². The molecule has 1 N–H and O–H groups in total. The summed E-state index contributed by atoms with van der Waals surface area (Å²) in [5, 5.41) is 2.24. The van der Waals surface area contributed by atoms with Crippen LogP contribution in [0.4, 0.5) is 0 Å². The fourth-order valence-corrected chi connectivity index (χ4v) is 1.56. The molecule has 0 spiro atoms. The number of halogens is 1. The number of hydrogen-bond donors (Lipinski definition) is 1. The molecule has 0 saturated carbocycles. The lowest BCUT2D eigenvalue weighted by atomic mass is 10.1. The lowest BCUT2D eigenvalue weighted by Gasteiger charge is -1.96. The third kappa shape index (κ3) is 1.78. The molecule has 1 heterocycles. The van der Waals surface area contributed by atoms with Gasteiger partial charge in [-0.2, -0.15) is 0 Å². The predicted molar refractivity (Wildman–Crippen MR) is 58.0 cm³/mol. The zero-order valence-corrected chi connectivity index (χ0v) is 8.54. The van der Waals surface area contributed by atoms with Crippen LogP contribution in [0.5, 0.6) is 0 Å². The molecule has 1 aliphatic heterocycles. The molecule has 0 atom stereocenters. The molecular weight excluding hydrogens is 214 g/mol. The van der Waals surface area contributed by atoms with Crippen LogP contribution in [0.1, 0.15) is 26.3 Å². The Bertz CT molecular complexity index is 466. The summed E-state index contributed by atoms with van der Waals surface area (Å²) in [5.74, 6) is -0.249. The Balaban J connectivity index is 2.43. The number of allylic oxidation sites excluding steroid dienone is 1. The molecule has 1 aromatic carbocycles. The van der Waals surface area contributed by atoms with E-state index in [0.717, 1.165) is 5.56 Å². The van der Waals surface area contributed by atoms with Gasteiger partial charge in [-0.25, -0.2) is 0 Å². The summed E-state index contributed by atoms with van der Waals surface area (Å²) in [4.78, 5) is 22.6. The normalized spacial score (nSPS) is 14.5. The van der Waals surface area contributed by atoms with Crippen LogP contribution in [-0.2, 0) is 0 Å². The molecule has 1 aliphatic rings. The molecule has 0 aliphatic carbocycles. The van der Waals surface area contributed by atoms with Crippen molar-refractivity contribution >= 4 is 29.5 Å². The molecule has 0 radical (unpaired) electrons. The van der Waals surface area contributed by atoms with Gasteiger partial charge >= 0.3 is 0 Å². The average Bonchev–Trinajstić information content (AvgIpc) is 2.52. The van der Waals surface area contributed by atoms with Crippen LogP contribution in [0.3, 0.4) is 0 Å². The quantitative estimate of drug-likeness (QED) is 0.612. The van der Waals surface area contributed by atoms with Gasteiger partial charge in [-0.3, -0.25) is 14.9 Å². The van der Waals surface area contributed by atoms with Crippen molar-refractivity contribution in [3.63, 3.8) is 0 Å². The van der Waals surface area contributed by atoms with Gasteiger partial charge in [-0.05, 0) is 17.7 Å². The smallest absolute Gasteiger partial charge is 0.258 e. The maximum absolute atomic E-state index is 11.3. The van der Waals surface area contributed by atoms with E-state index in [2.05, 4.69) is 5.32 Å². The maximum Gasteiger partial charge on any atom is 0.258 e. The third-order valence-corrected chi connectivity index (χ3v) is 2.34. The highest BCUT2D eigenvalue weighted by atomic mass is 35.5. The number of carbonyl (C=O) groups excluding carboxylic acids is 2. The molecular formula is C11H8ClNO2. The van der Waals surface area contributed by atoms with Gasteiger partial charge in [0.1, 0.15) is 0 Å². The number of alkyl halides is 1. The van der Waals surface area contributed by atoms with E-state index in [1.807, 2.05) is 6.08 Å². The van der Waals surface area contributed by atoms with E-state index >= 15 is 0 Å². The average molecular weight is 222 g/mol. The van der Waals surface area contributed by atoms with E-state index in [1.165, 1.54) is 0 Å². The van der Waals surface area contributed by atoms with Crippen molar-refractivity contribution < 1.29 is 9.59 Å². The summed E-state index contributed by atoms with van der Waals surface area (Å²) in [6, 6.07) is 5.10. The van der Waals surface area contributed by atoms with Crippen molar-refractivity contribution in [1.82, 2.24) is 5.32 Å². The Morgan fingerprint density at radius 3 is 2.67 bits per heavy atom. The van der Waals surface area contributed by atoms with Gasteiger partial charge in [-0.15, -0.1) is 11.6 Å². The van der Waals surface area contributed by atoms with Crippen molar-refractivity contribution in [2.45, 2.75) is 0 Å². The standard InChI is InChI=1S/C11H8ClNO2/c12-5-1-2-7-3-4-8-9(6-7)11(15)13-10(8)14/h1-4,6H,5H2,(H,13,14,15). The number of fused-ring (bicyclic) bond motifs is 1. The van der Waals surface area contributed by atoms with Crippen molar-refractivity contribution in [3.05, 3.63) is 41.0 Å². The molecule has 0 unspecified atom stereocenters. The van der Waals surface area contributed by atoms with Gasteiger partial charge in [0.25, 0.3) is 11.8 Å². The zero-order chi connectivity index (χ0) is 10.8. The molecule has 15 heavy (non-hydrogen) atoms. The summed E-state index contributed by atoms with van der Waals surface area (Å²) < 4.78 is 0. The lowest BCUT2D eigenvalue weighted by molar-refractivity contribution is 0.0879. The van der Waals surface area contributed by atoms with Crippen LogP contribution in [0.25, 0.3) is 6.08 Å². The molecule has 0 fully saturated rings. The van der Waals surface area contributed by atoms with Gasteiger partial charge in [0.2, 0.25) is 0 Å². The summed E-state index contributed by atoms with van der Waals surface area (Å²) in [7, 11) is 0. The highest BCUT2D eigenvalue weighted by molar-refractivity contribution is 6.21. The molecule has 1 aromatic rings. The Morgan fingerprint density at radius 1 is 1.20 bits per heavy atom. The lowest BCUT2D eigenvalue weighted by Crippen LogP contribution is -2.19. The number of carbonyl (C=O) groups is 2. The first-order valence-corrected chi connectivity index (χ1v) is 4.98. The number of imide groups is 1. The molecule has 4 heteroatoms. The Hall–Kier alpha value is -1.61. The number of rotatable bonds is 2.